The molecule has 14 heavy (non-hydrogen) atoms. The lowest BCUT2D eigenvalue weighted by atomic mass is 10.1. The maximum atomic E-state index is 5.81. The molecule has 0 spiro atoms. The van der Waals surface area contributed by atoms with Gasteiger partial charge < -0.3 is 4.74 Å². The lowest BCUT2D eigenvalue weighted by molar-refractivity contribution is 0.423. The van der Waals surface area contributed by atoms with E-state index in [1.807, 2.05) is 23.9 Å². The monoisotopic (exact) mass is 202 g/mol. The molecule has 0 unspecified atom stereocenters. The molecule has 1 heterocycles. The van der Waals surface area contributed by atoms with E-state index in [2.05, 4.69) is 24.3 Å². The first-order valence-corrected chi connectivity index (χ1v) is 5.59. The molecule has 0 radical (unpaired) electrons. The maximum absolute atomic E-state index is 5.81. The highest BCUT2D eigenvalue weighted by Gasteiger charge is 2.19. The number of hydrogen-bond acceptors (Lipinski definition) is 2. The van der Waals surface area contributed by atoms with Crippen molar-refractivity contribution in [3.05, 3.63) is 47.1 Å². The van der Waals surface area contributed by atoms with E-state index in [0.29, 0.717) is 0 Å². The Hall–Kier alpha value is -1.15. The summed E-state index contributed by atoms with van der Waals surface area (Å²) in [6, 6.07) is 8.20. The zero-order chi connectivity index (χ0) is 9.38. The molecule has 1 aromatic rings. The molecule has 0 fully saturated rings. The number of thioether (sulfide) groups is 1. The number of para-hydroxylation sites is 1. The van der Waals surface area contributed by atoms with Gasteiger partial charge in [0.1, 0.15) is 11.5 Å². The molecule has 1 nitrogen and oxygen atoms in total. The van der Waals surface area contributed by atoms with Crippen molar-refractivity contribution in [1.29, 1.82) is 0 Å². The van der Waals surface area contributed by atoms with Gasteiger partial charge in [-0.2, -0.15) is 0 Å². The van der Waals surface area contributed by atoms with E-state index in [1.54, 1.807) is 0 Å². The van der Waals surface area contributed by atoms with Crippen LogP contribution in [0, 0.1) is 0 Å². The summed E-state index contributed by atoms with van der Waals surface area (Å²) in [4.78, 5) is 2.60. The predicted octanol–water partition coefficient (Wildman–Crippen LogP) is 3.73. The molecule has 70 valence electrons. The van der Waals surface area contributed by atoms with Crippen molar-refractivity contribution in [2.75, 3.05) is 0 Å². The topological polar surface area (TPSA) is 9.23 Å². The summed E-state index contributed by atoms with van der Waals surface area (Å²) in [6.45, 7) is 0. The lowest BCUT2D eigenvalue weighted by Gasteiger charge is -2.22. The molecule has 0 atom stereocenters. The fourth-order valence-corrected chi connectivity index (χ4v) is 2.74. The van der Waals surface area contributed by atoms with Crippen LogP contribution in [0.3, 0.4) is 0 Å². The van der Waals surface area contributed by atoms with Crippen LogP contribution in [0.5, 0.6) is 5.75 Å². The number of hydrogen-bond donors (Lipinski definition) is 0. The van der Waals surface area contributed by atoms with Crippen LogP contribution in [0.1, 0.15) is 12.8 Å². The summed E-state index contributed by atoms with van der Waals surface area (Å²) in [5.41, 5.74) is 0. The van der Waals surface area contributed by atoms with E-state index in [4.69, 9.17) is 4.74 Å². The van der Waals surface area contributed by atoms with Crippen LogP contribution in [-0.4, -0.2) is 0 Å². The van der Waals surface area contributed by atoms with Gasteiger partial charge in [0.05, 0.1) is 4.90 Å². The zero-order valence-corrected chi connectivity index (χ0v) is 8.51. The van der Waals surface area contributed by atoms with Gasteiger partial charge in [-0.25, -0.2) is 0 Å². The Bertz CT molecular complexity index is 432. The highest BCUT2D eigenvalue weighted by molar-refractivity contribution is 8.03. The Kier molecular flexibility index (Phi) is 1.88. The van der Waals surface area contributed by atoms with Crippen LogP contribution in [-0.2, 0) is 0 Å². The van der Waals surface area contributed by atoms with Crippen LogP contribution in [0.2, 0.25) is 0 Å². The standard InChI is InChI=1S/C12H10OS/c1-3-7-11-9(5-1)13-10-6-2-4-8-12(10)14-11/h1-3,5-7H,4,8H2. The van der Waals surface area contributed by atoms with Crippen LogP contribution >= 0.6 is 11.8 Å². The molecule has 3 rings (SSSR count). The minimum absolute atomic E-state index is 0.989. The molecular weight excluding hydrogens is 192 g/mol. The second kappa shape index (κ2) is 3.21. The van der Waals surface area contributed by atoms with Gasteiger partial charge in [-0.1, -0.05) is 30.0 Å². The van der Waals surface area contributed by atoms with Crippen molar-refractivity contribution in [2.45, 2.75) is 17.7 Å². The third-order valence-corrected chi connectivity index (χ3v) is 3.59. The molecule has 0 saturated carbocycles. The van der Waals surface area contributed by atoms with E-state index in [9.17, 15) is 0 Å². The number of benzene rings is 1. The first kappa shape index (κ1) is 8.18. The van der Waals surface area contributed by atoms with Gasteiger partial charge >= 0.3 is 0 Å². The van der Waals surface area contributed by atoms with Gasteiger partial charge in [0.25, 0.3) is 0 Å². The van der Waals surface area contributed by atoms with E-state index in [0.717, 1.165) is 24.4 Å². The SMILES string of the molecule is C1=CC2=C(CC1)Sc1ccccc1O2. The molecule has 0 amide bonds. The third-order valence-electron chi connectivity index (χ3n) is 2.38. The van der Waals surface area contributed by atoms with E-state index >= 15 is 0 Å². The van der Waals surface area contributed by atoms with Crippen LogP contribution in [0.25, 0.3) is 0 Å². The van der Waals surface area contributed by atoms with Crippen LogP contribution in [0.4, 0.5) is 0 Å². The first-order valence-electron chi connectivity index (χ1n) is 4.78. The molecule has 0 N–H and O–H groups in total. The number of rotatable bonds is 0. The Balaban J connectivity index is 2.03. The number of fused-ring (bicyclic) bond motifs is 1. The molecule has 0 bridgehead atoms. The van der Waals surface area contributed by atoms with Gasteiger partial charge in [-0.05, 0) is 31.1 Å². The Labute approximate surface area is 87.5 Å². The van der Waals surface area contributed by atoms with Gasteiger partial charge in [-0.15, -0.1) is 0 Å². The van der Waals surface area contributed by atoms with Crippen molar-refractivity contribution < 1.29 is 4.74 Å². The lowest BCUT2D eigenvalue weighted by Crippen LogP contribution is -2.04. The zero-order valence-electron chi connectivity index (χ0n) is 7.69. The second-order valence-corrected chi connectivity index (χ2v) is 4.52. The Morgan fingerprint density at radius 2 is 2.14 bits per heavy atom. The van der Waals surface area contributed by atoms with Crippen LogP contribution < -0.4 is 4.74 Å². The van der Waals surface area contributed by atoms with Crippen LogP contribution in [0.15, 0.2) is 52.0 Å². The van der Waals surface area contributed by atoms with Crippen molar-refractivity contribution in [3.8, 4) is 5.75 Å². The second-order valence-electron chi connectivity index (χ2n) is 3.38. The molecular formula is C12H10OS. The fourth-order valence-electron chi connectivity index (χ4n) is 1.68. The molecule has 0 aromatic heterocycles. The fraction of sp³-hybridized carbons (Fsp3) is 0.167. The van der Waals surface area contributed by atoms with Crippen molar-refractivity contribution in [3.63, 3.8) is 0 Å². The maximum Gasteiger partial charge on any atom is 0.141 e. The van der Waals surface area contributed by atoms with Gasteiger partial charge in [0, 0.05) is 4.91 Å². The molecule has 1 aliphatic carbocycles. The molecule has 2 aliphatic rings. The Morgan fingerprint density at radius 1 is 1.21 bits per heavy atom. The van der Waals surface area contributed by atoms with Crippen molar-refractivity contribution in [2.24, 2.45) is 0 Å². The first-order chi connectivity index (χ1) is 6.93. The summed E-state index contributed by atoms with van der Waals surface area (Å²) in [5, 5.41) is 0. The summed E-state index contributed by atoms with van der Waals surface area (Å²) < 4.78 is 5.81. The van der Waals surface area contributed by atoms with Crippen molar-refractivity contribution >= 4 is 11.8 Å². The van der Waals surface area contributed by atoms with Gasteiger partial charge in [0.15, 0.2) is 0 Å². The van der Waals surface area contributed by atoms with E-state index in [1.165, 1.54) is 9.80 Å². The summed E-state index contributed by atoms with van der Waals surface area (Å²) >= 11 is 1.84. The molecule has 2 heteroatoms. The van der Waals surface area contributed by atoms with Gasteiger partial charge in [-0.3, -0.25) is 0 Å². The summed E-state index contributed by atoms with van der Waals surface area (Å²) in [6.07, 6.45) is 6.51. The highest BCUT2D eigenvalue weighted by atomic mass is 32.2. The average Bonchev–Trinajstić information content (AvgIpc) is 2.26. The Morgan fingerprint density at radius 3 is 3.14 bits per heavy atom. The highest BCUT2D eigenvalue weighted by Crippen LogP contribution is 2.44. The van der Waals surface area contributed by atoms with E-state index < -0.39 is 0 Å². The van der Waals surface area contributed by atoms with E-state index in [-0.39, 0.29) is 0 Å². The summed E-state index contributed by atoms with van der Waals surface area (Å²) in [7, 11) is 0. The quantitative estimate of drug-likeness (QED) is 0.634. The number of allylic oxidation sites excluding steroid dienone is 3. The average molecular weight is 202 g/mol. The molecule has 1 aliphatic heterocycles. The summed E-state index contributed by atoms with van der Waals surface area (Å²) in [5.74, 6) is 2.03. The normalized spacial score (nSPS) is 18.6. The van der Waals surface area contributed by atoms with Crippen molar-refractivity contribution in [1.82, 2.24) is 0 Å². The predicted molar refractivity (Wildman–Crippen MR) is 58.3 cm³/mol. The van der Waals surface area contributed by atoms with Gasteiger partial charge in [0.2, 0.25) is 0 Å². The molecule has 0 saturated heterocycles. The molecule has 1 aromatic carbocycles. The smallest absolute Gasteiger partial charge is 0.141 e. The minimum atomic E-state index is 0.989. The number of ether oxygens (including phenoxy) is 1. The minimum Gasteiger partial charge on any atom is -0.455 e. The largest absolute Gasteiger partial charge is 0.455 e. The third kappa shape index (κ3) is 1.26.